The molecule has 0 radical (unpaired) electrons. The summed E-state index contributed by atoms with van der Waals surface area (Å²) in [6, 6.07) is 1.63. The molecule has 1 rings (SSSR count). The van der Waals surface area contributed by atoms with Crippen LogP contribution in [0.15, 0.2) is 16.8 Å². The van der Waals surface area contributed by atoms with Gasteiger partial charge in [0.15, 0.2) is 0 Å². The zero-order chi connectivity index (χ0) is 12.0. The zero-order valence-electron chi connectivity index (χ0n) is 8.85. The van der Waals surface area contributed by atoms with Crippen LogP contribution in [0.5, 0.6) is 0 Å². The quantitative estimate of drug-likeness (QED) is 0.767. The number of hydrogen-bond donors (Lipinski definition) is 2. The summed E-state index contributed by atoms with van der Waals surface area (Å²) in [5, 5.41) is 12.6. The lowest BCUT2D eigenvalue weighted by atomic mass is 10.1. The third-order valence-electron chi connectivity index (χ3n) is 2.35. The van der Waals surface area contributed by atoms with E-state index in [2.05, 4.69) is 0 Å². The molecule has 0 amide bonds. The summed E-state index contributed by atoms with van der Waals surface area (Å²) >= 11 is 1.51. The van der Waals surface area contributed by atoms with Crippen molar-refractivity contribution in [3.63, 3.8) is 0 Å². The Balaban J connectivity index is 2.73. The van der Waals surface area contributed by atoms with Crippen LogP contribution in [0.3, 0.4) is 0 Å². The highest BCUT2D eigenvalue weighted by Gasteiger charge is 2.21. The summed E-state index contributed by atoms with van der Waals surface area (Å²) in [7, 11) is 0. The van der Waals surface area contributed by atoms with E-state index in [1.54, 1.807) is 0 Å². The number of alkyl halides is 2. The number of nitrogens with zero attached hydrogens (tertiary/aromatic N) is 1. The molecule has 0 aliphatic carbocycles. The van der Waals surface area contributed by atoms with Crippen molar-refractivity contribution >= 4 is 11.3 Å². The van der Waals surface area contributed by atoms with Crippen molar-refractivity contribution in [2.45, 2.75) is 12.5 Å². The Labute approximate surface area is 97.5 Å². The van der Waals surface area contributed by atoms with E-state index in [-0.39, 0.29) is 32.3 Å². The van der Waals surface area contributed by atoms with Crippen LogP contribution in [0.4, 0.5) is 8.78 Å². The van der Waals surface area contributed by atoms with Crippen molar-refractivity contribution in [1.82, 2.24) is 4.90 Å². The largest absolute Gasteiger partial charge is 0.395 e. The Morgan fingerprint density at radius 3 is 2.69 bits per heavy atom. The maximum absolute atomic E-state index is 12.4. The van der Waals surface area contributed by atoms with Crippen LogP contribution in [-0.2, 0) is 0 Å². The number of aliphatic hydroxyl groups excluding tert-OH is 1. The average molecular weight is 250 g/mol. The third kappa shape index (κ3) is 3.79. The number of nitrogens with two attached hydrogens (primary N) is 1. The minimum atomic E-state index is -2.42. The predicted molar refractivity (Wildman–Crippen MR) is 60.8 cm³/mol. The van der Waals surface area contributed by atoms with Crippen molar-refractivity contribution in [3.05, 3.63) is 22.4 Å². The van der Waals surface area contributed by atoms with Crippen molar-refractivity contribution in [1.29, 1.82) is 0 Å². The van der Waals surface area contributed by atoms with Crippen molar-refractivity contribution in [3.8, 4) is 0 Å². The summed E-state index contributed by atoms with van der Waals surface area (Å²) in [4.78, 5) is 1.52. The summed E-state index contributed by atoms with van der Waals surface area (Å²) < 4.78 is 24.8. The van der Waals surface area contributed by atoms with Crippen LogP contribution >= 0.6 is 11.3 Å². The Hall–Kier alpha value is -0.560. The van der Waals surface area contributed by atoms with Gasteiger partial charge in [-0.3, -0.25) is 4.90 Å². The van der Waals surface area contributed by atoms with Gasteiger partial charge in [-0.1, -0.05) is 0 Å². The molecule has 16 heavy (non-hydrogen) atoms. The van der Waals surface area contributed by atoms with Gasteiger partial charge in [-0.15, -0.1) is 0 Å². The van der Waals surface area contributed by atoms with Crippen LogP contribution in [0.1, 0.15) is 11.6 Å². The van der Waals surface area contributed by atoms with E-state index < -0.39 is 6.43 Å². The first-order valence-corrected chi connectivity index (χ1v) is 5.98. The predicted octanol–water partition coefficient (Wildman–Crippen LogP) is 1.31. The van der Waals surface area contributed by atoms with E-state index in [1.165, 1.54) is 16.2 Å². The maximum atomic E-state index is 12.4. The summed E-state index contributed by atoms with van der Waals surface area (Å²) in [5.41, 5.74) is 6.54. The monoisotopic (exact) mass is 250 g/mol. The van der Waals surface area contributed by atoms with Crippen molar-refractivity contribution < 1.29 is 13.9 Å². The number of hydrogen-bond acceptors (Lipinski definition) is 4. The Morgan fingerprint density at radius 2 is 2.25 bits per heavy atom. The highest BCUT2D eigenvalue weighted by molar-refractivity contribution is 7.07. The van der Waals surface area contributed by atoms with Gasteiger partial charge in [-0.2, -0.15) is 11.3 Å². The van der Waals surface area contributed by atoms with Gasteiger partial charge >= 0.3 is 0 Å². The molecule has 0 fully saturated rings. The lowest BCUT2D eigenvalue weighted by Gasteiger charge is -2.29. The van der Waals surface area contributed by atoms with Crippen molar-refractivity contribution in [2.75, 3.05) is 26.2 Å². The molecule has 6 heteroatoms. The molecule has 0 aliphatic heterocycles. The molecule has 3 nitrogen and oxygen atoms in total. The van der Waals surface area contributed by atoms with Gasteiger partial charge in [0.2, 0.25) is 0 Å². The molecule has 1 unspecified atom stereocenters. The molecular weight excluding hydrogens is 234 g/mol. The van der Waals surface area contributed by atoms with Crippen LogP contribution in [0.2, 0.25) is 0 Å². The molecule has 0 aromatic carbocycles. The van der Waals surface area contributed by atoms with Gasteiger partial charge in [0.05, 0.1) is 13.2 Å². The first kappa shape index (κ1) is 13.5. The molecule has 92 valence electrons. The number of halogens is 2. The van der Waals surface area contributed by atoms with E-state index in [9.17, 15) is 8.78 Å². The smallest absolute Gasteiger partial charge is 0.251 e. The van der Waals surface area contributed by atoms with Gasteiger partial charge in [0.1, 0.15) is 0 Å². The fourth-order valence-corrected chi connectivity index (χ4v) is 2.35. The molecule has 0 bridgehead atoms. The van der Waals surface area contributed by atoms with Crippen LogP contribution < -0.4 is 5.73 Å². The lowest BCUT2D eigenvalue weighted by molar-refractivity contribution is 0.0563. The second-order valence-electron chi connectivity index (χ2n) is 3.42. The standard InChI is InChI=1S/C10H16F2N2OS/c11-10(12)6-14(2-3-15)9(5-13)8-1-4-16-7-8/h1,4,7,9-10,15H,2-3,5-6,13H2. The number of rotatable bonds is 7. The van der Waals surface area contributed by atoms with Crippen LogP contribution in [-0.4, -0.2) is 42.7 Å². The first-order chi connectivity index (χ1) is 7.69. The molecule has 3 N–H and O–H groups in total. The Bertz CT molecular complexity index is 282. The molecule has 0 spiro atoms. The molecule has 0 aliphatic rings. The molecule has 1 atom stereocenters. The van der Waals surface area contributed by atoms with Gasteiger partial charge in [-0.25, -0.2) is 8.78 Å². The second kappa shape index (κ2) is 6.90. The van der Waals surface area contributed by atoms with E-state index in [4.69, 9.17) is 10.8 Å². The fourth-order valence-electron chi connectivity index (χ4n) is 1.64. The van der Waals surface area contributed by atoms with Gasteiger partial charge < -0.3 is 10.8 Å². The Kier molecular flexibility index (Phi) is 5.83. The van der Waals surface area contributed by atoms with Gasteiger partial charge in [0.25, 0.3) is 6.43 Å². The van der Waals surface area contributed by atoms with Crippen LogP contribution in [0, 0.1) is 0 Å². The van der Waals surface area contributed by atoms with E-state index >= 15 is 0 Å². The normalized spacial score (nSPS) is 13.6. The first-order valence-electron chi connectivity index (χ1n) is 5.04. The third-order valence-corrected chi connectivity index (χ3v) is 3.05. The topological polar surface area (TPSA) is 49.5 Å². The van der Waals surface area contributed by atoms with E-state index in [0.717, 1.165) is 5.56 Å². The minimum Gasteiger partial charge on any atom is -0.395 e. The SMILES string of the molecule is NCC(c1ccsc1)N(CCO)CC(F)F. The lowest BCUT2D eigenvalue weighted by Crippen LogP contribution is -2.38. The van der Waals surface area contributed by atoms with Crippen LogP contribution in [0.25, 0.3) is 0 Å². The number of aliphatic hydroxyl groups is 1. The zero-order valence-corrected chi connectivity index (χ0v) is 9.67. The summed E-state index contributed by atoms with van der Waals surface area (Å²) in [6.07, 6.45) is -2.42. The molecule has 0 saturated heterocycles. The van der Waals surface area contributed by atoms with E-state index in [1.807, 2.05) is 16.8 Å². The summed E-state index contributed by atoms with van der Waals surface area (Å²) in [5.74, 6) is 0. The molecule has 1 heterocycles. The van der Waals surface area contributed by atoms with Gasteiger partial charge in [0, 0.05) is 19.1 Å². The van der Waals surface area contributed by atoms with Gasteiger partial charge in [-0.05, 0) is 22.4 Å². The highest BCUT2D eigenvalue weighted by Crippen LogP contribution is 2.22. The minimum absolute atomic E-state index is 0.145. The fraction of sp³-hybridized carbons (Fsp3) is 0.600. The highest BCUT2D eigenvalue weighted by atomic mass is 32.1. The molecule has 0 saturated carbocycles. The van der Waals surface area contributed by atoms with Crippen molar-refractivity contribution in [2.24, 2.45) is 5.73 Å². The molecule has 1 aromatic heterocycles. The maximum Gasteiger partial charge on any atom is 0.251 e. The van der Waals surface area contributed by atoms with E-state index in [0.29, 0.717) is 0 Å². The number of thiophene rings is 1. The molecule has 1 aromatic rings. The molecular formula is C10H16F2N2OS. The Morgan fingerprint density at radius 1 is 1.50 bits per heavy atom. The summed E-state index contributed by atoms with van der Waals surface area (Å²) in [6.45, 7) is -0.0306. The second-order valence-corrected chi connectivity index (χ2v) is 4.20. The average Bonchev–Trinajstić information content (AvgIpc) is 2.71.